The smallest absolute Gasteiger partial charge is 0.267 e. The molecule has 6 heteroatoms. The van der Waals surface area contributed by atoms with Crippen LogP contribution in [0.4, 0.5) is 0 Å². The third kappa shape index (κ3) is 3.92. The van der Waals surface area contributed by atoms with Crippen LogP contribution in [0.2, 0.25) is 0 Å². The topological polar surface area (TPSA) is 55.2 Å². The lowest BCUT2D eigenvalue weighted by Gasteiger charge is -2.09. The fraction of sp³-hybridized carbons (Fsp3) is 0.500. The third-order valence-corrected chi connectivity index (χ3v) is 2.69. The molecule has 1 aromatic rings. The molecule has 0 spiro atoms. The molecule has 88 valence electrons. The van der Waals surface area contributed by atoms with Crippen LogP contribution in [-0.2, 0) is 11.3 Å². The molecule has 0 radical (unpaired) electrons. The van der Waals surface area contributed by atoms with Crippen molar-refractivity contribution in [1.82, 2.24) is 14.7 Å². The van der Waals surface area contributed by atoms with Crippen molar-refractivity contribution in [1.29, 1.82) is 0 Å². The van der Waals surface area contributed by atoms with Gasteiger partial charge in [0.15, 0.2) is 0 Å². The van der Waals surface area contributed by atoms with E-state index in [4.69, 9.17) is 0 Å². The SMILES string of the molecule is CN(C)C(=O)CCCn1ncc(I)cc1=O. The monoisotopic (exact) mass is 335 g/mol. The first kappa shape index (κ1) is 13.1. The van der Waals surface area contributed by atoms with Crippen LogP contribution in [0.1, 0.15) is 12.8 Å². The van der Waals surface area contributed by atoms with Gasteiger partial charge in [-0.25, -0.2) is 4.68 Å². The first-order valence-corrected chi connectivity index (χ1v) is 6.01. The molecule has 0 fully saturated rings. The van der Waals surface area contributed by atoms with Gasteiger partial charge >= 0.3 is 0 Å². The zero-order valence-electron chi connectivity index (χ0n) is 9.31. The molecule has 0 bridgehead atoms. The van der Waals surface area contributed by atoms with Gasteiger partial charge in [-0.3, -0.25) is 9.59 Å². The molecule has 0 N–H and O–H groups in total. The number of rotatable bonds is 4. The van der Waals surface area contributed by atoms with Gasteiger partial charge in [0.05, 0.1) is 6.20 Å². The number of amides is 1. The van der Waals surface area contributed by atoms with Gasteiger partial charge in [0.2, 0.25) is 5.91 Å². The maximum atomic E-state index is 11.4. The van der Waals surface area contributed by atoms with Crippen LogP contribution in [0.3, 0.4) is 0 Å². The van der Waals surface area contributed by atoms with E-state index >= 15 is 0 Å². The number of hydrogen-bond donors (Lipinski definition) is 0. The molecule has 1 heterocycles. The van der Waals surface area contributed by atoms with E-state index in [1.54, 1.807) is 25.2 Å². The van der Waals surface area contributed by atoms with Gasteiger partial charge in [0, 0.05) is 36.7 Å². The average Bonchev–Trinajstić information content (AvgIpc) is 2.20. The first-order valence-electron chi connectivity index (χ1n) is 4.93. The van der Waals surface area contributed by atoms with Crippen molar-refractivity contribution in [3.8, 4) is 0 Å². The van der Waals surface area contributed by atoms with Crippen molar-refractivity contribution in [2.75, 3.05) is 14.1 Å². The quantitative estimate of drug-likeness (QED) is 0.762. The Morgan fingerprint density at radius 1 is 1.56 bits per heavy atom. The molecule has 1 rings (SSSR count). The zero-order chi connectivity index (χ0) is 12.1. The highest BCUT2D eigenvalue weighted by Crippen LogP contribution is 1.98. The molecule has 0 aromatic carbocycles. The van der Waals surface area contributed by atoms with E-state index < -0.39 is 0 Å². The molecule has 0 aliphatic heterocycles. The van der Waals surface area contributed by atoms with Crippen LogP contribution < -0.4 is 5.56 Å². The summed E-state index contributed by atoms with van der Waals surface area (Å²) in [4.78, 5) is 24.3. The summed E-state index contributed by atoms with van der Waals surface area (Å²) in [6.45, 7) is 0.481. The second-order valence-electron chi connectivity index (χ2n) is 3.63. The van der Waals surface area contributed by atoms with Crippen molar-refractivity contribution >= 4 is 28.5 Å². The van der Waals surface area contributed by atoms with E-state index in [9.17, 15) is 9.59 Å². The average molecular weight is 335 g/mol. The summed E-state index contributed by atoms with van der Waals surface area (Å²) in [5.41, 5.74) is -0.121. The number of aryl methyl sites for hydroxylation is 1. The van der Waals surface area contributed by atoms with Crippen molar-refractivity contribution in [3.63, 3.8) is 0 Å². The molecule has 16 heavy (non-hydrogen) atoms. The van der Waals surface area contributed by atoms with Crippen molar-refractivity contribution in [2.24, 2.45) is 0 Å². The van der Waals surface area contributed by atoms with Gasteiger partial charge in [-0.15, -0.1) is 0 Å². The number of hydrogen-bond acceptors (Lipinski definition) is 3. The molecule has 0 atom stereocenters. The fourth-order valence-corrected chi connectivity index (χ4v) is 1.57. The van der Waals surface area contributed by atoms with Gasteiger partial charge in [0.1, 0.15) is 0 Å². The number of carbonyl (C=O) groups is 1. The van der Waals surface area contributed by atoms with Crippen LogP contribution in [0.25, 0.3) is 0 Å². The van der Waals surface area contributed by atoms with E-state index in [1.807, 2.05) is 22.6 Å². The predicted molar refractivity (Wildman–Crippen MR) is 69.1 cm³/mol. The Bertz CT molecular complexity index is 428. The van der Waals surface area contributed by atoms with Crippen molar-refractivity contribution < 1.29 is 4.79 Å². The molecule has 0 saturated heterocycles. The minimum absolute atomic E-state index is 0.0681. The highest BCUT2D eigenvalue weighted by Gasteiger charge is 2.04. The summed E-state index contributed by atoms with van der Waals surface area (Å²) < 4.78 is 2.20. The molecule has 1 amide bonds. The normalized spacial score (nSPS) is 10.2. The summed E-state index contributed by atoms with van der Waals surface area (Å²) in [5, 5.41) is 3.99. The molecular weight excluding hydrogens is 321 g/mol. The standard InChI is InChI=1S/C10H14IN3O2/c1-13(2)9(15)4-3-5-14-10(16)6-8(11)7-12-14/h6-7H,3-5H2,1-2H3. The predicted octanol–water partition coefficient (Wildman–Crippen LogP) is 0.716. The van der Waals surface area contributed by atoms with E-state index in [0.717, 1.165) is 3.57 Å². The van der Waals surface area contributed by atoms with Crippen LogP contribution in [-0.4, -0.2) is 34.7 Å². The Labute approximate surface area is 108 Å². The lowest BCUT2D eigenvalue weighted by atomic mass is 10.3. The Balaban J connectivity index is 2.50. The molecule has 5 nitrogen and oxygen atoms in total. The van der Waals surface area contributed by atoms with Gasteiger partial charge in [-0.2, -0.15) is 5.10 Å². The van der Waals surface area contributed by atoms with Crippen molar-refractivity contribution in [3.05, 3.63) is 26.2 Å². The summed E-state index contributed by atoms with van der Waals surface area (Å²) in [7, 11) is 3.44. The molecule has 0 aliphatic rings. The van der Waals surface area contributed by atoms with Crippen LogP contribution in [0, 0.1) is 3.57 Å². The highest BCUT2D eigenvalue weighted by molar-refractivity contribution is 14.1. The van der Waals surface area contributed by atoms with Crippen LogP contribution in [0.15, 0.2) is 17.1 Å². The maximum Gasteiger partial charge on any atom is 0.267 e. The summed E-state index contributed by atoms with van der Waals surface area (Å²) in [5.74, 6) is 0.0681. The summed E-state index contributed by atoms with van der Waals surface area (Å²) in [6.07, 6.45) is 2.70. The molecule has 0 unspecified atom stereocenters. The Hall–Kier alpha value is -0.920. The first-order chi connectivity index (χ1) is 7.50. The largest absolute Gasteiger partial charge is 0.349 e. The lowest BCUT2D eigenvalue weighted by Crippen LogP contribution is -2.25. The number of halogens is 1. The maximum absolute atomic E-state index is 11.4. The highest BCUT2D eigenvalue weighted by atomic mass is 127. The minimum Gasteiger partial charge on any atom is -0.349 e. The zero-order valence-corrected chi connectivity index (χ0v) is 11.5. The van der Waals surface area contributed by atoms with E-state index in [0.29, 0.717) is 19.4 Å². The van der Waals surface area contributed by atoms with E-state index in [1.165, 1.54) is 10.7 Å². The molecule has 0 saturated carbocycles. The molecular formula is C10H14IN3O2. The van der Waals surface area contributed by atoms with E-state index in [2.05, 4.69) is 5.10 Å². The van der Waals surface area contributed by atoms with Gasteiger partial charge in [0.25, 0.3) is 5.56 Å². The summed E-state index contributed by atoms with van der Waals surface area (Å²) in [6, 6.07) is 1.53. The third-order valence-electron chi connectivity index (χ3n) is 2.10. The van der Waals surface area contributed by atoms with Crippen LogP contribution >= 0.6 is 22.6 Å². The van der Waals surface area contributed by atoms with Gasteiger partial charge in [-0.05, 0) is 29.0 Å². The van der Waals surface area contributed by atoms with Crippen molar-refractivity contribution in [2.45, 2.75) is 19.4 Å². The second kappa shape index (κ2) is 5.97. The lowest BCUT2D eigenvalue weighted by molar-refractivity contribution is -0.128. The minimum atomic E-state index is -0.121. The van der Waals surface area contributed by atoms with Gasteiger partial charge < -0.3 is 4.90 Å². The van der Waals surface area contributed by atoms with Crippen LogP contribution in [0.5, 0.6) is 0 Å². The number of nitrogens with zero attached hydrogens (tertiary/aromatic N) is 3. The Morgan fingerprint density at radius 2 is 2.25 bits per heavy atom. The molecule has 1 aromatic heterocycles. The molecule has 0 aliphatic carbocycles. The Morgan fingerprint density at radius 3 is 2.81 bits per heavy atom. The Kier molecular flexibility index (Phi) is 4.91. The van der Waals surface area contributed by atoms with E-state index in [-0.39, 0.29) is 11.5 Å². The number of carbonyl (C=O) groups excluding carboxylic acids is 1. The second-order valence-corrected chi connectivity index (χ2v) is 4.87. The van der Waals surface area contributed by atoms with Gasteiger partial charge in [-0.1, -0.05) is 0 Å². The summed E-state index contributed by atoms with van der Waals surface area (Å²) >= 11 is 2.04. The fourth-order valence-electron chi connectivity index (χ4n) is 1.18. The number of aromatic nitrogens is 2.